The van der Waals surface area contributed by atoms with Gasteiger partial charge in [-0.25, -0.2) is 10.4 Å². The molecule has 1 heterocycles. The molecule has 0 saturated carbocycles. The molecule has 3 aromatic rings. The summed E-state index contributed by atoms with van der Waals surface area (Å²) in [5.41, 5.74) is 10.8. The summed E-state index contributed by atoms with van der Waals surface area (Å²) in [5, 5.41) is 4.38. The Morgan fingerprint density at radius 1 is 1.25 bits per heavy atom. The lowest BCUT2D eigenvalue weighted by Gasteiger charge is -2.06. The molecule has 1 amide bonds. The smallest absolute Gasteiger partial charge is 0.283 e. The highest BCUT2D eigenvalue weighted by Gasteiger charge is 2.15. The van der Waals surface area contributed by atoms with Gasteiger partial charge in [0, 0.05) is 4.47 Å². The van der Waals surface area contributed by atoms with Crippen molar-refractivity contribution >= 4 is 44.5 Å². The van der Waals surface area contributed by atoms with E-state index in [9.17, 15) is 4.79 Å². The van der Waals surface area contributed by atoms with Crippen molar-refractivity contribution in [2.24, 2.45) is 5.10 Å². The Morgan fingerprint density at radius 3 is 2.64 bits per heavy atom. The van der Waals surface area contributed by atoms with Gasteiger partial charge >= 0.3 is 0 Å². The lowest BCUT2D eigenvalue weighted by atomic mass is 10.2. The number of nitrogen functional groups attached to an aromatic ring is 1. The molecule has 0 spiro atoms. The number of carbonyl (C=O) groups excluding carboxylic acids is 1. The highest BCUT2D eigenvalue weighted by Crippen LogP contribution is 2.20. The van der Waals surface area contributed by atoms with Crippen molar-refractivity contribution in [2.45, 2.75) is 20.0 Å². The number of aromatic nitrogens is 1. The largest absolute Gasteiger partial charge is 0.489 e. The number of rotatable bonds is 7. The summed E-state index contributed by atoms with van der Waals surface area (Å²) in [7, 11) is 0. The van der Waals surface area contributed by atoms with Crippen molar-refractivity contribution < 1.29 is 9.53 Å². The van der Waals surface area contributed by atoms with E-state index in [0.29, 0.717) is 28.7 Å². The van der Waals surface area contributed by atoms with Crippen molar-refractivity contribution in [2.75, 3.05) is 5.73 Å². The van der Waals surface area contributed by atoms with Crippen LogP contribution in [0.1, 0.15) is 33.4 Å². The van der Waals surface area contributed by atoms with Gasteiger partial charge < -0.3 is 10.5 Å². The summed E-state index contributed by atoms with van der Waals surface area (Å²) in [5.74, 6) is 0.452. The fraction of sp³-hybridized carbons (Fsp3) is 0.150. The molecule has 0 radical (unpaired) electrons. The second-order valence-corrected chi connectivity index (χ2v) is 7.81. The number of hydrogen-bond acceptors (Lipinski definition) is 6. The lowest BCUT2D eigenvalue weighted by molar-refractivity contribution is 0.0958. The van der Waals surface area contributed by atoms with Gasteiger partial charge in [0.05, 0.1) is 11.9 Å². The Hall–Kier alpha value is -2.71. The summed E-state index contributed by atoms with van der Waals surface area (Å²) >= 11 is 4.57. The molecule has 3 rings (SSSR count). The molecule has 144 valence electrons. The third-order valence-electron chi connectivity index (χ3n) is 3.83. The predicted octanol–water partition coefficient (Wildman–Crippen LogP) is 4.39. The second-order valence-electron chi connectivity index (χ2n) is 5.86. The number of anilines is 1. The summed E-state index contributed by atoms with van der Waals surface area (Å²) in [6, 6.07) is 15.4. The number of thiazole rings is 1. The first-order valence-corrected chi connectivity index (χ1v) is 10.2. The molecular weight excluding hydrogens is 440 g/mol. The molecule has 8 heteroatoms. The number of ether oxygens (including phenoxy) is 1. The lowest BCUT2D eigenvalue weighted by Crippen LogP contribution is -2.17. The summed E-state index contributed by atoms with van der Waals surface area (Å²) in [6.45, 7) is 2.42. The zero-order chi connectivity index (χ0) is 19.9. The van der Waals surface area contributed by atoms with Crippen molar-refractivity contribution in [3.63, 3.8) is 0 Å². The van der Waals surface area contributed by atoms with Crippen LogP contribution < -0.4 is 15.9 Å². The van der Waals surface area contributed by atoms with Gasteiger partial charge in [0.1, 0.15) is 17.2 Å². The summed E-state index contributed by atoms with van der Waals surface area (Å²) < 4.78 is 6.81. The van der Waals surface area contributed by atoms with Crippen LogP contribution in [-0.4, -0.2) is 17.1 Å². The fourth-order valence-electron chi connectivity index (χ4n) is 2.40. The number of nitrogens with two attached hydrogens (primary N) is 1. The Morgan fingerprint density at radius 2 is 1.96 bits per heavy atom. The van der Waals surface area contributed by atoms with Gasteiger partial charge in [-0.3, -0.25) is 4.79 Å². The maximum atomic E-state index is 12.2. The zero-order valence-corrected chi connectivity index (χ0v) is 17.6. The standard InChI is InChI=1S/C20H19BrN4O2S/c1-2-17-18(28-20(22)24-17)19(26)25-23-11-13-5-9-16(10-6-13)27-12-14-3-7-15(21)8-4-14/h3-11H,2,12H2,1H3,(H2,22,24)(H,25,26). The number of aryl methyl sites for hydroxylation is 1. The molecule has 1 aromatic heterocycles. The van der Waals surface area contributed by atoms with Crippen LogP contribution in [-0.2, 0) is 13.0 Å². The van der Waals surface area contributed by atoms with E-state index in [2.05, 4.69) is 31.4 Å². The fourth-order valence-corrected chi connectivity index (χ4v) is 3.48. The minimum atomic E-state index is -0.309. The zero-order valence-electron chi connectivity index (χ0n) is 15.2. The Balaban J connectivity index is 1.53. The van der Waals surface area contributed by atoms with Gasteiger partial charge in [0.25, 0.3) is 5.91 Å². The number of nitrogens with one attached hydrogen (secondary N) is 1. The third kappa shape index (κ3) is 5.40. The van der Waals surface area contributed by atoms with Crippen molar-refractivity contribution in [1.29, 1.82) is 0 Å². The van der Waals surface area contributed by atoms with E-state index in [1.54, 1.807) is 6.21 Å². The second kappa shape index (κ2) is 9.48. The van der Waals surface area contributed by atoms with E-state index < -0.39 is 0 Å². The number of nitrogens with zero attached hydrogens (tertiary/aromatic N) is 2. The maximum Gasteiger partial charge on any atom is 0.283 e. The summed E-state index contributed by atoms with van der Waals surface area (Å²) in [4.78, 5) is 16.8. The Bertz CT molecular complexity index is 969. The number of hydrazone groups is 1. The maximum absolute atomic E-state index is 12.2. The number of benzene rings is 2. The van der Waals surface area contributed by atoms with E-state index in [-0.39, 0.29) is 5.91 Å². The van der Waals surface area contributed by atoms with Crippen molar-refractivity contribution in [1.82, 2.24) is 10.4 Å². The predicted molar refractivity (Wildman–Crippen MR) is 116 cm³/mol. The van der Waals surface area contributed by atoms with Crippen LogP contribution in [0.15, 0.2) is 58.1 Å². The first kappa shape index (κ1) is 20.0. The summed E-state index contributed by atoms with van der Waals surface area (Å²) in [6.07, 6.45) is 2.22. The Labute approximate surface area is 175 Å². The molecule has 3 N–H and O–H groups in total. The number of carbonyl (C=O) groups is 1. The normalized spacial score (nSPS) is 10.9. The van der Waals surface area contributed by atoms with Gasteiger partial charge in [0.2, 0.25) is 0 Å². The van der Waals surface area contributed by atoms with Crippen molar-refractivity contribution in [3.05, 3.63) is 74.7 Å². The molecule has 0 aliphatic rings. The minimum Gasteiger partial charge on any atom is -0.489 e. The van der Waals surface area contributed by atoms with Crippen LogP contribution in [0.2, 0.25) is 0 Å². The highest BCUT2D eigenvalue weighted by atomic mass is 79.9. The van der Waals surface area contributed by atoms with E-state index in [1.807, 2.05) is 55.5 Å². The monoisotopic (exact) mass is 458 g/mol. The van der Waals surface area contributed by atoms with Gasteiger partial charge in [0.15, 0.2) is 5.13 Å². The number of halogens is 1. The highest BCUT2D eigenvalue weighted by molar-refractivity contribution is 9.10. The molecule has 28 heavy (non-hydrogen) atoms. The molecule has 0 saturated heterocycles. The average Bonchev–Trinajstić information content (AvgIpc) is 3.09. The van der Waals surface area contributed by atoms with Crippen LogP contribution in [0.3, 0.4) is 0 Å². The molecule has 0 bridgehead atoms. The average molecular weight is 459 g/mol. The van der Waals surface area contributed by atoms with Gasteiger partial charge in [-0.2, -0.15) is 5.10 Å². The molecule has 2 aromatic carbocycles. The first-order chi connectivity index (χ1) is 13.5. The van der Waals surface area contributed by atoms with Gasteiger partial charge in [-0.1, -0.05) is 46.3 Å². The number of amides is 1. The van der Waals surface area contributed by atoms with Crippen LogP contribution >= 0.6 is 27.3 Å². The van der Waals surface area contributed by atoms with Crippen molar-refractivity contribution in [3.8, 4) is 5.75 Å². The molecular formula is C20H19BrN4O2S. The van der Waals surface area contributed by atoms with Gasteiger partial charge in [-0.05, 0) is 53.9 Å². The van der Waals surface area contributed by atoms with Crippen LogP contribution in [0.5, 0.6) is 5.75 Å². The minimum absolute atomic E-state index is 0.309. The third-order valence-corrected chi connectivity index (χ3v) is 5.29. The van der Waals surface area contributed by atoms with E-state index in [1.165, 1.54) is 0 Å². The SMILES string of the molecule is CCc1nc(N)sc1C(=O)NN=Cc1ccc(OCc2ccc(Br)cc2)cc1. The van der Waals surface area contributed by atoms with Crippen LogP contribution in [0.25, 0.3) is 0 Å². The molecule has 0 aliphatic heterocycles. The molecule has 0 fully saturated rings. The van der Waals surface area contributed by atoms with E-state index in [0.717, 1.165) is 32.7 Å². The Kier molecular flexibility index (Phi) is 6.78. The van der Waals surface area contributed by atoms with Gasteiger partial charge in [-0.15, -0.1) is 0 Å². The number of hydrogen-bond donors (Lipinski definition) is 2. The van der Waals surface area contributed by atoms with E-state index in [4.69, 9.17) is 10.5 Å². The van der Waals surface area contributed by atoms with E-state index >= 15 is 0 Å². The molecule has 0 aliphatic carbocycles. The quantitative estimate of drug-likeness (QED) is 0.405. The molecule has 6 nitrogen and oxygen atoms in total. The topological polar surface area (TPSA) is 89.6 Å². The molecule has 0 unspecified atom stereocenters. The van der Waals surface area contributed by atoms with Crippen LogP contribution in [0, 0.1) is 0 Å². The first-order valence-electron chi connectivity index (χ1n) is 8.61. The molecule has 0 atom stereocenters. The van der Waals surface area contributed by atoms with Crippen LogP contribution in [0.4, 0.5) is 5.13 Å².